The number of carbonyl (C=O) groups excluding carboxylic acids is 2. The number of amides is 1. The van der Waals surface area contributed by atoms with E-state index in [1.165, 1.54) is 13.2 Å². The molecule has 0 aliphatic heterocycles. The number of phenolic OH excluding ortho intramolecular Hbond substituents is 1. The second kappa shape index (κ2) is 11.8. The number of aryl methyl sites for hydroxylation is 1. The van der Waals surface area contributed by atoms with Crippen LogP contribution in [0.25, 0.3) is 0 Å². The van der Waals surface area contributed by atoms with Gasteiger partial charge in [-0.1, -0.05) is 33.6 Å². The number of hydrogen-bond donors (Lipinski definition) is 3. The van der Waals surface area contributed by atoms with Gasteiger partial charge in [0.1, 0.15) is 11.9 Å². The lowest BCUT2D eigenvalue weighted by atomic mass is 10.0. The van der Waals surface area contributed by atoms with E-state index in [1.54, 1.807) is 24.3 Å². The minimum atomic E-state index is -0.951. The average Bonchev–Trinajstić information content (AvgIpc) is 2.73. The Bertz CT molecular complexity index is 861. The molecule has 0 fully saturated rings. The predicted octanol–water partition coefficient (Wildman–Crippen LogP) is 4.63. The van der Waals surface area contributed by atoms with Gasteiger partial charge in [-0.3, -0.25) is 10.1 Å². The zero-order chi connectivity index (χ0) is 22.1. The number of nitrogens with one attached hydrogen (secondary N) is 1. The number of rotatable bonds is 9. The largest absolute Gasteiger partial charge is 0.508 e. The van der Waals surface area contributed by atoms with Gasteiger partial charge < -0.3 is 19.3 Å². The van der Waals surface area contributed by atoms with E-state index in [9.17, 15) is 14.7 Å². The van der Waals surface area contributed by atoms with E-state index in [-0.39, 0.29) is 24.5 Å². The molecule has 0 heterocycles. The van der Waals surface area contributed by atoms with Crippen LogP contribution >= 0.6 is 28.6 Å². The van der Waals surface area contributed by atoms with E-state index in [2.05, 4.69) is 33.9 Å². The number of ether oxygens (including phenoxy) is 3. The molecule has 0 aliphatic rings. The average molecular weight is 498 g/mol. The second-order valence-corrected chi connectivity index (χ2v) is 7.69. The third kappa shape index (κ3) is 7.23. The zero-order valence-corrected chi connectivity index (χ0v) is 19.1. The standard InChI is InChI=1S/C21H24BrNO6S/c1-13-3-6-15(7-4-13)23-21(26)29-20(16-11-14(22)5-8-17(16)24)18(27-2)9-10-28-19(25)12-30/h3-8,11,18,20,24,30H,9-10,12H2,1-2H3,(H,23,26)/t18-,20-/m1/s1. The van der Waals surface area contributed by atoms with Crippen molar-refractivity contribution in [1.82, 2.24) is 0 Å². The molecule has 7 nitrogen and oxygen atoms in total. The molecule has 162 valence electrons. The Morgan fingerprint density at radius 2 is 1.90 bits per heavy atom. The van der Waals surface area contributed by atoms with Crippen LogP contribution in [0.5, 0.6) is 5.75 Å². The van der Waals surface area contributed by atoms with Gasteiger partial charge in [0.2, 0.25) is 0 Å². The molecule has 0 spiro atoms. The summed E-state index contributed by atoms with van der Waals surface area (Å²) in [6.45, 7) is 1.99. The summed E-state index contributed by atoms with van der Waals surface area (Å²) in [4.78, 5) is 23.9. The van der Waals surface area contributed by atoms with Crippen molar-refractivity contribution in [2.75, 3.05) is 24.8 Å². The minimum Gasteiger partial charge on any atom is -0.508 e. The van der Waals surface area contributed by atoms with Gasteiger partial charge >= 0.3 is 12.1 Å². The summed E-state index contributed by atoms with van der Waals surface area (Å²) in [5, 5.41) is 13.0. The zero-order valence-electron chi connectivity index (χ0n) is 16.6. The lowest BCUT2D eigenvalue weighted by Gasteiger charge is -2.27. The maximum atomic E-state index is 12.5. The second-order valence-electron chi connectivity index (χ2n) is 6.46. The van der Waals surface area contributed by atoms with Gasteiger partial charge in [0, 0.05) is 29.3 Å². The van der Waals surface area contributed by atoms with Gasteiger partial charge in [-0.05, 0) is 37.3 Å². The van der Waals surface area contributed by atoms with Crippen molar-refractivity contribution < 1.29 is 28.9 Å². The fraction of sp³-hybridized carbons (Fsp3) is 0.333. The van der Waals surface area contributed by atoms with Crippen LogP contribution < -0.4 is 5.32 Å². The molecule has 30 heavy (non-hydrogen) atoms. The summed E-state index contributed by atoms with van der Waals surface area (Å²) >= 11 is 7.22. The number of esters is 1. The highest BCUT2D eigenvalue weighted by molar-refractivity contribution is 9.10. The summed E-state index contributed by atoms with van der Waals surface area (Å²) < 4.78 is 16.9. The van der Waals surface area contributed by atoms with Crippen LogP contribution in [-0.2, 0) is 19.0 Å². The van der Waals surface area contributed by atoms with Gasteiger partial charge in [-0.15, -0.1) is 0 Å². The van der Waals surface area contributed by atoms with Gasteiger partial charge in [0.25, 0.3) is 0 Å². The van der Waals surface area contributed by atoms with Gasteiger partial charge in [0.05, 0.1) is 12.4 Å². The number of hydrogen-bond acceptors (Lipinski definition) is 7. The third-order valence-corrected chi connectivity index (χ3v) is 5.01. The number of benzene rings is 2. The minimum absolute atomic E-state index is 0.0387. The molecule has 0 saturated carbocycles. The van der Waals surface area contributed by atoms with Crippen molar-refractivity contribution in [2.24, 2.45) is 0 Å². The number of thiol groups is 1. The van der Waals surface area contributed by atoms with E-state index < -0.39 is 24.3 Å². The molecule has 2 rings (SSSR count). The van der Waals surface area contributed by atoms with E-state index in [4.69, 9.17) is 14.2 Å². The smallest absolute Gasteiger partial charge is 0.412 e. The maximum absolute atomic E-state index is 12.5. The predicted molar refractivity (Wildman–Crippen MR) is 120 cm³/mol. The molecule has 2 aromatic carbocycles. The Morgan fingerprint density at radius 3 is 2.53 bits per heavy atom. The lowest BCUT2D eigenvalue weighted by Crippen LogP contribution is -2.29. The topological polar surface area (TPSA) is 94.1 Å². The van der Waals surface area contributed by atoms with E-state index >= 15 is 0 Å². The molecule has 0 saturated heterocycles. The van der Waals surface area contributed by atoms with Crippen molar-refractivity contribution in [2.45, 2.75) is 25.6 Å². The molecule has 2 N–H and O–H groups in total. The Hall–Kier alpha value is -2.23. The summed E-state index contributed by atoms with van der Waals surface area (Å²) in [6.07, 6.45) is -2.10. The molecular formula is C21H24BrNO6S. The van der Waals surface area contributed by atoms with Crippen molar-refractivity contribution in [3.63, 3.8) is 0 Å². The number of anilines is 1. The van der Waals surface area contributed by atoms with Crippen molar-refractivity contribution in [1.29, 1.82) is 0 Å². The van der Waals surface area contributed by atoms with E-state index in [0.29, 0.717) is 15.7 Å². The van der Waals surface area contributed by atoms with Crippen LogP contribution in [0.4, 0.5) is 10.5 Å². The molecule has 0 aliphatic carbocycles. The highest BCUT2D eigenvalue weighted by Gasteiger charge is 2.30. The summed E-state index contributed by atoms with van der Waals surface area (Å²) in [7, 11) is 1.45. The molecule has 1 amide bonds. The fourth-order valence-electron chi connectivity index (χ4n) is 2.72. The Balaban J connectivity index is 2.21. The van der Waals surface area contributed by atoms with E-state index in [0.717, 1.165) is 5.56 Å². The molecule has 0 bridgehead atoms. The van der Waals surface area contributed by atoms with Crippen LogP contribution in [0, 0.1) is 6.92 Å². The normalized spacial score (nSPS) is 12.7. The van der Waals surface area contributed by atoms with Crippen molar-refractivity contribution in [3.05, 3.63) is 58.1 Å². The van der Waals surface area contributed by atoms with Crippen LogP contribution in [-0.4, -0.2) is 42.7 Å². The van der Waals surface area contributed by atoms with Crippen LogP contribution in [0.1, 0.15) is 23.7 Å². The fourth-order valence-corrected chi connectivity index (χ4v) is 3.19. The monoisotopic (exact) mass is 497 g/mol. The quantitative estimate of drug-likeness (QED) is 0.345. The van der Waals surface area contributed by atoms with Gasteiger partial charge in [0.15, 0.2) is 6.10 Å². The van der Waals surface area contributed by atoms with E-state index in [1.807, 2.05) is 19.1 Å². The molecule has 0 unspecified atom stereocenters. The molecular weight excluding hydrogens is 474 g/mol. The summed E-state index contributed by atoms with van der Waals surface area (Å²) in [5.41, 5.74) is 1.98. The molecule has 0 radical (unpaired) electrons. The summed E-state index contributed by atoms with van der Waals surface area (Å²) in [5.74, 6) is -0.558. The molecule has 0 aromatic heterocycles. The highest BCUT2D eigenvalue weighted by atomic mass is 79.9. The Morgan fingerprint density at radius 1 is 1.20 bits per heavy atom. The third-order valence-electron chi connectivity index (χ3n) is 4.26. The maximum Gasteiger partial charge on any atom is 0.412 e. The summed E-state index contributed by atoms with van der Waals surface area (Å²) in [6, 6.07) is 12.0. The van der Waals surface area contributed by atoms with Crippen LogP contribution in [0.15, 0.2) is 46.9 Å². The molecule has 2 aromatic rings. The number of methoxy groups -OCH3 is 1. The first-order valence-corrected chi connectivity index (χ1v) is 10.6. The van der Waals surface area contributed by atoms with Crippen LogP contribution in [0.2, 0.25) is 0 Å². The van der Waals surface area contributed by atoms with Crippen molar-refractivity contribution >= 4 is 46.3 Å². The Kier molecular flexibility index (Phi) is 9.48. The first-order valence-electron chi connectivity index (χ1n) is 9.16. The molecule has 2 atom stereocenters. The molecule has 9 heteroatoms. The Labute approximate surface area is 189 Å². The van der Waals surface area contributed by atoms with Crippen LogP contribution in [0.3, 0.4) is 0 Å². The van der Waals surface area contributed by atoms with Gasteiger partial charge in [-0.2, -0.15) is 12.6 Å². The SMILES string of the molecule is CO[C@H](CCOC(=O)CS)[C@H](OC(=O)Nc1ccc(C)cc1)c1cc(Br)ccc1O. The highest BCUT2D eigenvalue weighted by Crippen LogP contribution is 2.34. The number of halogens is 1. The van der Waals surface area contributed by atoms with Crippen molar-refractivity contribution in [3.8, 4) is 5.75 Å². The van der Waals surface area contributed by atoms with Gasteiger partial charge in [-0.25, -0.2) is 4.79 Å². The lowest BCUT2D eigenvalue weighted by molar-refractivity contribution is -0.141. The number of carbonyl (C=O) groups is 2. The number of aromatic hydroxyl groups is 1. The first kappa shape index (κ1) is 24.0. The number of phenols is 1. The first-order chi connectivity index (χ1) is 14.3.